The summed E-state index contributed by atoms with van der Waals surface area (Å²) in [5.74, 6) is 0.694. The summed E-state index contributed by atoms with van der Waals surface area (Å²) in [6.45, 7) is 0. The van der Waals surface area contributed by atoms with Gasteiger partial charge in [-0.15, -0.1) is 0 Å². The zero-order chi connectivity index (χ0) is 19.2. The van der Waals surface area contributed by atoms with Gasteiger partial charge in [-0.25, -0.2) is 0 Å². The van der Waals surface area contributed by atoms with Gasteiger partial charge in [0, 0.05) is 31.3 Å². The number of benzene rings is 1. The third kappa shape index (κ3) is 5.00. The monoisotopic (exact) mass is 408 g/mol. The smallest absolute Gasteiger partial charge is 0.0826 e. The molecule has 2 aliphatic rings. The normalized spacial score (nSPS) is 29.6. The molecule has 27 heavy (non-hydrogen) atoms. The summed E-state index contributed by atoms with van der Waals surface area (Å²) < 4.78 is 16.3. The topological polar surface area (TPSA) is 47.9 Å². The summed E-state index contributed by atoms with van der Waals surface area (Å²) in [7, 11) is 6.41. The summed E-state index contributed by atoms with van der Waals surface area (Å²) in [6.07, 6.45) is 11.1. The van der Waals surface area contributed by atoms with Crippen LogP contribution in [0, 0.1) is 17.8 Å². The van der Waals surface area contributed by atoms with E-state index in [1.165, 1.54) is 11.1 Å². The van der Waals surface area contributed by atoms with Gasteiger partial charge in [-0.2, -0.15) is 0 Å². The first-order chi connectivity index (χ1) is 13.2. The quantitative estimate of drug-likeness (QED) is 0.403. The van der Waals surface area contributed by atoms with Gasteiger partial charge in [0.1, 0.15) is 0 Å². The predicted molar refractivity (Wildman–Crippen MR) is 114 cm³/mol. The molecule has 1 fully saturated rings. The summed E-state index contributed by atoms with van der Waals surface area (Å²) >= 11 is 0. The van der Waals surface area contributed by atoms with Crippen LogP contribution in [-0.2, 0) is 26.6 Å². The fourth-order valence-corrected chi connectivity index (χ4v) is 5.12. The van der Waals surface area contributed by atoms with E-state index in [0.717, 1.165) is 19.3 Å². The molecule has 6 heteroatoms. The molecule has 0 aliphatic heterocycles. The van der Waals surface area contributed by atoms with Gasteiger partial charge < -0.3 is 18.9 Å². The Hall–Kier alpha value is -0.760. The average Bonchev–Trinajstić information content (AvgIpc) is 3.24. The highest BCUT2D eigenvalue weighted by molar-refractivity contribution is 7.10. The Morgan fingerprint density at radius 2 is 1.93 bits per heavy atom. The average molecular weight is 408 g/mol. The molecule has 4 nitrogen and oxygen atoms in total. The first-order valence-corrected chi connectivity index (χ1v) is 10.4. The molecule has 5 unspecified atom stereocenters. The molecule has 1 saturated carbocycles. The Labute approximate surface area is 166 Å². The summed E-state index contributed by atoms with van der Waals surface area (Å²) in [4.78, 5) is 0. The molecular weight excluding hydrogens is 378 g/mol. The molecule has 7 atom stereocenters. The Balaban J connectivity index is 1.70. The van der Waals surface area contributed by atoms with E-state index in [9.17, 15) is 5.11 Å². The van der Waals surface area contributed by atoms with E-state index in [1.54, 1.807) is 13.4 Å². The van der Waals surface area contributed by atoms with Gasteiger partial charge in [0.15, 0.2) is 0 Å². The van der Waals surface area contributed by atoms with E-state index < -0.39 is 0 Å². The van der Waals surface area contributed by atoms with Crippen molar-refractivity contribution in [3.05, 3.63) is 59.9 Å². The van der Waals surface area contributed by atoms with E-state index >= 15 is 0 Å². The van der Waals surface area contributed by atoms with Crippen molar-refractivity contribution in [2.45, 2.75) is 44.0 Å². The van der Waals surface area contributed by atoms with Crippen LogP contribution in [0.25, 0.3) is 0 Å². The number of allylic oxidation sites excluding steroid dienone is 1. The van der Waals surface area contributed by atoms with Gasteiger partial charge in [-0.1, -0.05) is 36.4 Å². The summed E-state index contributed by atoms with van der Waals surface area (Å²) in [5.41, 5.74) is 2.85. The number of ether oxygens (including phenoxy) is 1. The van der Waals surface area contributed by atoms with Crippen molar-refractivity contribution in [2.24, 2.45) is 17.8 Å². The lowest BCUT2D eigenvalue weighted by Crippen LogP contribution is -2.23. The second-order valence-electron chi connectivity index (χ2n) is 7.48. The molecule has 1 aromatic rings. The third-order valence-electron chi connectivity index (χ3n) is 5.93. The summed E-state index contributed by atoms with van der Waals surface area (Å²) in [5, 5.41) is 10.5. The molecule has 1 aromatic carbocycles. The molecule has 3 rings (SSSR count). The second kappa shape index (κ2) is 10.1. The molecule has 148 valence electrons. The zero-order valence-corrected chi connectivity index (χ0v) is 18.0. The molecule has 0 bridgehead atoms. The lowest BCUT2D eigenvalue weighted by Gasteiger charge is -2.23. The fourth-order valence-electron chi connectivity index (χ4n) is 4.51. The maximum Gasteiger partial charge on any atom is 0.0826 e. The van der Waals surface area contributed by atoms with Crippen LogP contribution in [0.1, 0.15) is 24.0 Å². The van der Waals surface area contributed by atoms with Crippen molar-refractivity contribution >= 4 is 18.9 Å². The van der Waals surface area contributed by atoms with E-state index in [0.29, 0.717) is 12.3 Å². The number of aliphatic hydroxyl groups is 1. The zero-order valence-electron chi connectivity index (χ0n) is 15.7. The van der Waals surface area contributed by atoms with Crippen LogP contribution in [0.5, 0.6) is 0 Å². The Bertz CT molecular complexity index is 638. The van der Waals surface area contributed by atoms with E-state index in [-0.39, 0.29) is 30.1 Å². The number of methoxy groups -OCH3 is 1. The molecule has 0 spiro atoms. The van der Waals surface area contributed by atoms with E-state index in [1.807, 2.05) is 6.08 Å². The molecule has 0 aromatic heterocycles. The van der Waals surface area contributed by atoms with E-state index in [2.05, 4.69) is 55.4 Å². The highest BCUT2D eigenvalue weighted by Crippen LogP contribution is 2.39. The number of rotatable bonds is 8. The highest BCUT2D eigenvalue weighted by Gasteiger charge is 2.41. The first-order valence-electron chi connectivity index (χ1n) is 9.50. The van der Waals surface area contributed by atoms with Gasteiger partial charge in [0.05, 0.1) is 31.7 Å². The van der Waals surface area contributed by atoms with Gasteiger partial charge in [0.25, 0.3) is 0 Å². The number of hydrogen-bond acceptors (Lipinski definition) is 4. The lowest BCUT2D eigenvalue weighted by atomic mass is 9.89. The third-order valence-corrected chi connectivity index (χ3v) is 6.60. The first kappa shape index (κ1) is 21.0. The van der Waals surface area contributed by atoms with Crippen LogP contribution in [0.15, 0.2) is 48.8 Å². The minimum absolute atomic E-state index is 0.00636. The van der Waals surface area contributed by atoms with Gasteiger partial charge in [-0.05, 0) is 48.3 Å². The largest absolute Gasteiger partial charge is 0.505 e. The van der Waals surface area contributed by atoms with Crippen molar-refractivity contribution in [1.82, 2.24) is 0 Å². The van der Waals surface area contributed by atoms with E-state index in [4.69, 9.17) is 13.8 Å². The van der Waals surface area contributed by atoms with Crippen LogP contribution in [0.3, 0.4) is 0 Å². The molecule has 1 N–H and O–H groups in total. The molecule has 2 aliphatic carbocycles. The maximum absolute atomic E-state index is 10.5. The minimum Gasteiger partial charge on any atom is -0.505 e. The van der Waals surface area contributed by atoms with Crippen molar-refractivity contribution in [2.75, 3.05) is 7.11 Å². The molecule has 0 radical (unpaired) electrons. The molecule has 0 amide bonds. The standard InChI is InChI=1S/C21H30O4P2/c1-23-10-4-7-17-18(21(25-27)13-19(17)22)8-9-20(24-26)16-11-14-5-2-3-6-15(14)12-16/h2-6,8-10,16-22H,7,11-13,26-27H2,1H3/b9-8+,10-4-/t17-,18-,19?,20?,21?/m1/s1. The highest BCUT2D eigenvalue weighted by atomic mass is 31.0. The fraction of sp³-hybridized carbons (Fsp3) is 0.524. The van der Waals surface area contributed by atoms with Crippen LogP contribution >= 0.6 is 18.9 Å². The molecular formula is C21H30O4P2. The number of aliphatic hydroxyl groups excluding tert-OH is 1. The second-order valence-corrected chi connectivity index (χ2v) is 8.03. The van der Waals surface area contributed by atoms with Crippen LogP contribution < -0.4 is 0 Å². The molecule has 0 heterocycles. The van der Waals surface area contributed by atoms with Crippen molar-refractivity contribution < 1.29 is 18.9 Å². The van der Waals surface area contributed by atoms with Gasteiger partial charge >= 0.3 is 0 Å². The van der Waals surface area contributed by atoms with Gasteiger partial charge in [-0.3, -0.25) is 0 Å². The van der Waals surface area contributed by atoms with Gasteiger partial charge in [0.2, 0.25) is 0 Å². The Kier molecular flexibility index (Phi) is 7.87. The Morgan fingerprint density at radius 3 is 2.52 bits per heavy atom. The van der Waals surface area contributed by atoms with Crippen LogP contribution in [0.4, 0.5) is 0 Å². The van der Waals surface area contributed by atoms with Crippen molar-refractivity contribution in [3.8, 4) is 0 Å². The lowest BCUT2D eigenvalue weighted by molar-refractivity contribution is 0.123. The van der Waals surface area contributed by atoms with Crippen molar-refractivity contribution in [3.63, 3.8) is 0 Å². The number of hydrogen-bond donors (Lipinski definition) is 1. The Morgan fingerprint density at radius 1 is 1.22 bits per heavy atom. The minimum atomic E-state index is -0.377. The predicted octanol–water partition coefficient (Wildman–Crippen LogP) is 3.86. The summed E-state index contributed by atoms with van der Waals surface area (Å²) in [6, 6.07) is 8.63. The van der Waals surface area contributed by atoms with Crippen LogP contribution in [0.2, 0.25) is 0 Å². The van der Waals surface area contributed by atoms with Crippen LogP contribution in [-0.4, -0.2) is 30.5 Å². The van der Waals surface area contributed by atoms with Crippen molar-refractivity contribution in [1.29, 1.82) is 0 Å². The number of fused-ring (bicyclic) bond motifs is 1. The molecule has 0 saturated heterocycles. The SMILES string of the molecule is CO/C=C\C[C@H]1C(O)CC(OP)[C@@H]1/C=C/C(OP)C1Cc2ccccc2C1. The maximum atomic E-state index is 10.5.